The van der Waals surface area contributed by atoms with E-state index in [1.165, 1.54) is 24.4 Å². The van der Waals surface area contributed by atoms with E-state index in [-0.39, 0.29) is 34.0 Å². The van der Waals surface area contributed by atoms with Gasteiger partial charge in [-0.25, -0.2) is 4.39 Å². The summed E-state index contributed by atoms with van der Waals surface area (Å²) in [6.45, 7) is 1.56. The first-order valence-corrected chi connectivity index (χ1v) is 7.93. The highest BCUT2D eigenvalue weighted by Gasteiger charge is 2.21. The number of hydrogen-bond acceptors (Lipinski definition) is 3. The SMILES string of the molecule is Cc1ccc(Cl)c(C(=O)c2c[nH]c(C(=O)Cc3cnn(C)c3)c2)c1F. The standard InChI is InChI=1S/C18H15ClFN3O2/c1-10-3-4-13(19)16(17(10)20)18(25)12-6-14(21-8-12)15(24)5-11-7-22-23(2)9-11/h3-4,6-9,21H,5H2,1-2H3. The molecular formula is C18H15ClFN3O2. The molecule has 0 bridgehead atoms. The van der Waals surface area contributed by atoms with Crippen LogP contribution in [0.4, 0.5) is 4.39 Å². The van der Waals surface area contributed by atoms with Crippen LogP contribution < -0.4 is 0 Å². The Morgan fingerprint density at radius 2 is 2.12 bits per heavy atom. The Morgan fingerprint density at radius 3 is 2.80 bits per heavy atom. The molecule has 0 saturated carbocycles. The molecule has 128 valence electrons. The number of aromatic amines is 1. The lowest BCUT2D eigenvalue weighted by molar-refractivity contribution is 0.0988. The monoisotopic (exact) mass is 359 g/mol. The van der Waals surface area contributed by atoms with E-state index in [0.717, 1.165) is 5.56 Å². The van der Waals surface area contributed by atoms with Crippen LogP contribution in [0.3, 0.4) is 0 Å². The number of H-pyrrole nitrogens is 1. The number of aryl methyl sites for hydroxylation is 2. The number of hydrogen-bond donors (Lipinski definition) is 1. The van der Waals surface area contributed by atoms with Gasteiger partial charge in [-0.05, 0) is 30.2 Å². The van der Waals surface area contributed by atoms with Crippen LogP contribution >= 0.6 is 11.6 Å². The number of ketones is 2. The Bertz CT molecular complexity index is 975. The van der Waals surface area contributed by atoms with Gasteiger partial charge in [0.05, 0.1) is 22.5 Å². The van der Waals surface area contributed by atoms with Gasteiger partial charge in [0.15, 0.2) is 11.6 Å². The Balaban J connectivity index is 1.85. The van der Waals surface area contributed by atoms with Gasteiger partial charge in [-0.3, -0.25) is 14.3 Å². The Kier molecular flexibility index (Phi) is 4.55. The van der Waals surface area contributed by atoms with E-state index in [1.807, 2.05) is 0 Å². The van der Waals surface area contributed by atoms with Crippen molar-refractivity contribution in [3.05, 3.63) is 75.6 Å². The topological polar surface area (TPSA) is 67.8 Å². The molecule has 3 rings (SSSR count). The average molecular weight is 360 g/mol. The minimum absolute atomic E-state index is 0.0394. The summed E-state index contributed by atoms with van der Waals surface area (Å²) in [4.78, 5) is 27.6. The summed E-state index contributed by atoms with van der Waals surface area (Å²) in [5.74, 6) is -1.41. The molecule has 0 saturated heterocycles. The quantitative estimate of drug-likeness (QED) is 0.709. The van der Waals surface area contributed by atoms with Gasteiger partial charge in [-0.1, -0.05) is 17.7 Å². The maximum Gasteiger partial charge on any atom is 0.199 e. The number of benzene rings is 1. The van der Waals surface area contributed by atoms with Crippen LogP contribution in [-0.4, -0.2) is 26.3 Å². The molecule has 7 heteroatoms. The fourth-order valence-electron chi connectivity index (χ4n) is 2.54. The van der Waals surface area contributed by atoms with Crippen LogP contribution in [0.15, 0.2) is 36.8 Å². The molecule has 0 aliphatic carbocycles. The molecule has 0 aliphatic rings. The van der Waals surface area contributed by atoms with Crippen LogP contribution in [0.5, 0.6) is 0 Å². The molecule has 0 unspecified atom stereocenters. The van der Waals surface area contributed by atoms with Gasteiger partial charge in [-0.2, -0.15) is 5.10 Å². The lowest BCUT2D eigenvalue weighted by atomic mass is 10.0. The van der Waals surface area contributed by atoms with Crippen molar-refractivity contribution in [1.29, 1.82) is 0 Å². The minimum atomic E-state index is -0.651. The molecule has 3 aromatic rings. The molecule has 5 nitrogen and oxygen atoms in total. The van der Waals surface area contributed by atoms with Crippen LogP contribution in [0.25, 0.3) is 0 Å². The first-order chi connectivity index (χ1) is 11.9. The molecule has 0 amide bonds. The first kappa shape index (κ1) is 17.1. The van der Waals surface area contributed by atoms with Crippen LogP contribution in [0.2, 0.25) is 5.02 Å². The van der Waals surface area contributed by atoms with E-state index in [1.54, 1.807) is 31.0 Å². The molecule has 0 aliphatic heterocycles. The molecular weight excluding hydrogens is 345 g/mol. The second-order valence-corrected chi connectivity index (χ2v) is 6.21. The van der Waals surface area contributed by atoms with Crippen molar-refractivity contribution in [2.24, 2.45) is 7.05 Å². The lowest BCUT2D eigenvalue weighted by Gasteiger charge is -2.06. The fourth-order valence-corrected chi connectivity index (χ4v) is 2.77. The minimum Gasteiger partial charge on any atom is -0.358 e. The van der Waals surface area contributed by atoms with Gasteiger partial charge < -0.3 is 4.98 Å². The van der Waals surface area contributed by atoms with Gasteiger partial charge in [0, 0.05) is 31.4 Å². The van der Waals surface area contributed by atoms with Crippen molar-refractivity contribution in [1.82, 2.24) is 14.8 Å². The van der Waals surface area contributed by atoms with Crippen molar-refractivity contribution in [3.8, 4) is 0 Å². The number of nitrogens with zero attached hydrogens (tertiary/aromatic N) is 2. The third kappa shape index (κ3) is 3.39. The predicted octanol–water partition coefficient (Wildman–Crippen LogP) is 3.51. The molecule has 0 atom stereocenters. The number of aromatic nitrogens is 3. The van der Waals surface area contributed by atoms with Crippen molar-refractivity contribution in [2.45, 2.75) is 13.3 Å². The smallest absolute Gasteiger partial charge is 0.199 e. The highest BCUT2D eigenvalue weighted by Crippen LogP contribution is 2.25. The van der Waals surface area contributed by atoms with E-state index in [4.69, 9.17) is 11.6 Å². The lowest BCUT2D eigenvalue weighted by Crippen LogP contribution is -2.06. The van der Waals surface area contributed by atoms with E-state index < -0.39 is 11.6 Å². The summed E-state index contributed by atoms with van der Waals surface area (Å²) < 4.78 is 15.9. The zero-order chi connectivity index (χ0) is 18.1. The highest BCUT2D eigenvalue weighted by molar-refractivity contribution is 6.35. The highest BCUT2D eigenvalue weighted by atomic mass is 35.5. The maximum atomic E-state index is 14.3. The Hall–Kier alpha value is -2.73. The van der Waals surface area contributed by atoms with Crippen LogP contribution in [0.1, 0.15) is 37.5 Å². The Morgan fingerprint density at radius 1 is 1.36 bits per heavy atom. The summed E-state index contributed by atoms with van der Waals surface area (Å²) in [5.41, 5.74) is 1.36. The first-order valence-electron chi connectivity index (χ1n) is 7.55. The van der Waals surface area contributed by atoms with E-state index in [2.05, 4.69) is 10.1 Å². The van der Waals surface area contributed by atoms with E-state index >= 15 is 0 Å². The molecule has 0 fully saturated rings. The normalized spacial score (nSPS) is 10.9. The molecule has 1 aromatic carbocycles. The fraction of sp³-hybridized carbons (Fsp3) is 0.167. The second-order valence-electron chi connectivity index (χ2n) is 5.81. The van der Waals surface area contributed by atoms with E-state index in [9.17, 15) is 14.0 Å². The number of Topliss-reactive ketones (excluding diaryl/α,β-unsaturated/α-hetero) is 1. The van der Waals surface area contributed by atoms with Gasteiger partial charge in [-0.15, -0.1) is 0 Å². The van der Waals surface area contributed by atoms with Crippen molar-refractivity contribution >= 4 is 23.2 Å². The van der Waals surface area contributed by atoms with Gasteiger partial charge in [0.2, 0.25) is 0 Å². The summed E-state index contributed by atoms with van der Waals surface area (Å²) in [6, 6.07) is 4.40. The number of nitrogens with one attached hydrogen (secondary N) is 1. The third-order valence-corrected chi connectivity index (χ3v) is 4.19. The van der Waals surface area contributed by atoms with Crippen molar-refractivity contribution in [2.75, 3.05) is 0 Å². The van der Waals surface area contributed by atoms with Gasteiger partial charge in [0.1, 0.15) is 5.82 Å². The van der Waals surface area contributed by atoms with Gasteiger partial charge >= 0.3 is 0 Å². The van der Waals surface area contributed by atoms with Crippen LogP contribution in [-0.2, 0) is 13.5 Å². The van der Waals surface area contributed by atoms with Gasteiger partial charge in [0.25, 0.3) is 0 Å². The summed E-state index contributed by atoms with van der Waals surface area (Å²) >= 11 is 5.98. The number of rotatable bonds is 5. The average Bonchev–Trinajstić information content (AvgIpc) is 3.20. The van der Waals surface area contributed by atoms with Crippen molar-refractivity contribution < 1.29 is 14.0 Å². The van der Waals surface area contributed by atoms with Crippen LogP contribution in [0, 0.1) is 12.7 Å². The summed E-state index contributed by atoms with van der Waals surface area (Å²) in [7, 11) is 1.76. The second kappa shape index (κ2) is 6.64. The zero-order valence-corrected chi connectivity index (χ0v) is 14.4. The van der Waals surface area contributed by atoms with Crippen molar-refractivity contribution in [3.63, 3.8) is 0 Å². The summed E-state index contributed by atoms with van der Waals surface area (Å²) in [6.07, 6.45) is 4.89. The number of carbonyl (C=O) groups is 2. The maximum absolute atomic E-state index is 14.3. The molecule has 1 N–H and O–H groups in total. The molecule has 0 spiro atoms. The predicted molar refractivity (Wildman–Crippen MR) is 91.6 cm³/mol. The third-order valence-electron chi connectivity index (χ3n) is 3.88. The van der Waals surface area contributed by atoms with E-state index in [0.29, 0.717) is 5.56 Å². The number of halogens is 2. The molecule has 2 aromatic heterocycles. The molecule has 25 heavy (non-hydrogen) atoms. The zero-order valence-electron chi connectivity index (χ0n) is 13.6. The number of carbonyl (C=O) groups excluding carboxylic acids is 2. The molecule has 0 radical (unpaired) electrons. The largest absolute Gasteiger partial charge is 0.358 e. The Labute approximate surface area is 148 Å². The summed E-state index contributed by atoms with van der Waals surface area (Å²) in [5, 5.41) is 4.05. The molecule has 2 heterocycles.